The molecule has 1 aliphatic rings. The van der Waals surface area contributed by atoms with Crippen molar-refractivity contribution in [3.8, 4) is 5.75 Å². The molecule has 2 rings (SSSR count). The van der Waals surface area contributed by atoms with Gasteiger partial charge in [0, 0.05) is 17.8 Å². The van der Waals surface area contributed by atoms with Crippen LogP contribution < -0.4 is 20.3 Å². The number of likely N-dealkylation sites (N-methyl/N-ethyl adjacent to an activating group) is 1. The van der Waals surface area contributed by atoms with Crippen LogP contribution in [0.5, 0.6) is 5.75 Å². The molecule has 1 aromatic rings. The lowest BCUT2D eigenvalue weighted by molar-refractivity contribution is -0.862. The molecule has 1 saturated carbocycles. The number of anilines is 1. The summed E-state index contributed by atoms with van der Waals surface area (Å²) < 4.78 is 5.15. The molecule has 0 radical (unpaired) electrons. The minimum Gasteiger partial charge on any atom is -0.497 e. The first-order valence-electron chi connectivity index (χ1n) is 9.43. The highest BCUT2D eigenvalue weighted by Gasteiger charge is 2.28. The van der Waals surface area contributed by atoms with Crippen LogP contribution in [0.4, 0.5) is 5.69 Å². The fourth-order valence-electron chi connectivity index (χ4n) is 3.56. The maximum absolute atomic E-state index is 12.3. The molecule has 3 N–H and O–H groups in total. The Morgan fingerprint density at radius 3 is 2.65 bits per heavy atom. The molecular formula is C20H32N3O3+. The Kier molecular flexibility index (Phi) is 7.45. The second-order valence-electron chi connectivity index (χ2n) is 7.53. The molecule has 1 fully saturated rings. The van der Waals surface area contributed by atoms with Crippen molar-refractivity contribution in [3.05, 3.63) is 24.3 Å². The van der Waals surface area contributed by atoms with E-state index in [1.807, 2.05) is 25.2 Å². The number of quaternary nitrogens is 1. The Morgan fingerprint density at radius 1 is 1.19 bits per heavy atom. The van der Waals surface area contributed by atoms with Gasteiger partial charge in [0.1, 0.15) is 5.75 Å². The number of hydrogen-bond donors (Lipinski definition) is 3. The van der Waals surface area contributed by atoms with Crippen molar-refractivity contribution in [1.82, 2.24) is 5.32 Å². The van der Waals surface area contributed by atoms with Crippen LogP contribution in [0.3, 0.4) is 0 Å². The standard InChI is InChI=1S/C20H31N3O3/c1-14-7-5-10-18(15(14)2)22-20(25)13-23(3)12-19(24)21-16-8-6-9-17(11-16)26-4/h6,8-9,11,14-15,18H,5,7,10,12-13H2,1-4H3,(H,21,24)(H,22,25)/p+1/t14-,15+,18-/m1/s1. The quantitative estimate of drug-likeness (QED) is 0.680. The Hall–Kier alpha value is -2.08. The van der Waals surface area contributed by atoms with E-state index < -0.39 is 0 Å². The molecular weight excluding hydrogens is 330 g/mol. The first-order chi connectivity index (χ1) is 12.4. The third-order valence-electron chi connectivity index (χ3n) is 5.33. The second kappa shape index (κ2) is 9.57. The van der Waals surface area contributed by atoms with E-state index >= 15 is 0 Å². The Bertz CT molecular complexity index is 620. The summed E-state index contributed by atoms with van der Waals surface area (Å²) in [4.78, 5) is 25.4. The zero-order valence-electron chi connectivity index (χ0n) is 16.3. The van der Waals surface area contributed by atoms with Gasteiger partial charge in [-0.1, -0.05) is 32.8 Å². The highest BCUT2D eigenvalue weighted by atomic mass is 16.5. The summed E-state index contributed by atoms with van der Waals surface area (Å²) in [6, 6.07) is 7.49. The maximum atomic E-state index is 12.3. The molecule has 0 spiro atoms. The summed E-state index contributed by atoms with van der Waals surface area (Å²) in [6.45, 7) is 5.00. The second-order valence-corrected chi connectivity index (χ2v) is 7.53. The minimum absolute atomic E-state index is 0.0163. The lowest BCUT2D eigenvalue weighted by Gasteiger charge is -2.34. The number of ether oxygens (including phenoxy) is 1. The lowest BCUT2D eigenvalue weighted by atomic mass is 9.78. The van der Waals surface area contributed by atoms with E-state index in [1.54, 1.807) is 13.2 Å². The van der Waals surface area contributed by atoms with Gasteiger partial charge in [-0.25, -0.2) is 0 Å². The number of methoxy groups -OCH3 is 1. The molecule has 2 amide bonds. The molecule has 1 aromatic carbocycles. The number of nitrogens with one attached hydrogen (secondary N) is 3. The fraction of sp³-hybridized carbons (Fsp3) is 0.600. The maximum Gasteiger partial charge on any atom is 0.279 e. The van der Waals surface area contributed by atoms with Gasteiger partial charge in [0.2, 0.25) is 0 Å². The molecule has 0 aromatic heterocycles. The summed E-state index contributed by atoms with van der Waals surface area (Å²) in [5.74, 6) is 1.74. The number of benzene rings is 1. The van der Waals surface area contributed by atoms with Crippen LogP contribution in [0.25, 0.3) is 0 Å². The normalized spacial score (nSPS) is 23.8. The van der Waals surface area contributed by atoms with Gasteiger partial charge >= 0.3 is 0 Å². The lowest BCUT2D eigenvalue weighted by Crippen LogP contribution is -3.11. The van der Waals surface area contributed by atoms with E-state index in [2.05, 4.69) is 24.5 Å². The van der Waals surface area contributed by atoms with E-state index in [-0.39, 0.29) is 24.4 Å². The van der Waals surface area contributed by atoms with Gasteiger partial charge in [-0.2, -0.15) is 0 Å². The number of carbonyl (C=O) groups is 2. The first-order valence-corrected chi connectivity index (χ1v) is 9.43. The molecule has 0 saturated heterocycles. The highest BCUT2D eigenvalue weighted by Crippen LogP contribution is 2.29. The predicted octanol–water partition coefficient (Wildman–Crippen LogP) is 1.09. The Balaban J connectivity index is 1.77. The van der Waals surface area contributed by atoms with Crippen molar-refractivity contribution >= 4 is 17.5 Å². The zero-order chi connectivity index (χ0) is 19.1. The topological polar surface area (TPSA) is 71.9 Å². The van der Waals surface area contributed by atoms with Crippen molar-refractivity contribution in [3.63, 3.8) is 0 Å². The summed E-state index contributed by atoms with van der Waals surface area (Å²) in [5.41, 5.74) is 0.691. The Morgan fingerprint density at radius 2 is 1.92 bits per heavy atom. The molecule has 0 heterocycles. The van der Waals surface area contributed by atoms with Gasteiger partial charge in [0.05, 0.1) is 14.2 Å². The number of amides is 2. The van der Waals surface area contributed by atoms with Crippen molar-refractivity contribution < 1.29 is 19.2 Å². The van der Waals surface area contributed by atoms with E-state index in [0.29, 0.717) is 29.8 Å². The van der Waals surface area contributed by atoms with Gasteiger partial charge < -0.3 is 20.3 Å². The largest absolute Gasteiger partial charge is 0.497 e. The number of hydrogen-bond acceptors (Lipinski definition) is 3. The molecule has 1 unspecified atom stereocenters. The minimum atomic E-state index is -0.122. The predicted molar refractivity (Wildman–Crippen MR) is 102 cm³/mol. The van der Waals surface area contributed by atoms with E-state index in [0.717, 1.165) is 11.3 Å². The van der Waals surface area contributed by atoms with Gasteiger partial charge in [-0.15, -0.1) is 0 Å². The van der Waals surface area contributed by atoms with Crippen LogP contribution in [0.15, 0.2) is 24.3 Å². The van der Waals surface area contributed by atoms with Crippen molar-refractivity contribution in [2.45, 2.75) is 39.2 Å². The molecule has 6 heteroatoms. The fourth-order valence-corrected chi connectivity index (χ4v) is 3.56. The first kappa shape index (κ1) is 20.2. The van der Waals surface area contributed by atoms with Crippen LogP contribution >= 0.6 is 0 Å². The molecule has 0 aliphatic heterocycles. The van der Waals surface area contributed by atoms with Crippen LogP contribution in [-0.4, -0.2) is 45.1 Å². The van der Waals surface area contributed by atoms with Crippen LogP contribution in [-0.2, 0) is 9.59 Å². The monoisotopic (exact) mass is 362 g/mol. The third kappa shape index (κ3) is 6.02. The van der Waals surface area contributed by atoms with E-state index in [4.69, 9.17) is 4.74 Å². The molecule has 6 nitrogen and oxygen atoms in total. The highest BCUT2D eigenvalue weighted by molar-refractivity contribution is 5.91. The zero-order valence-corrected chi connectivity index (χ0v) is 16.3. The molecule has 144 valence electrons. The van der Waals surface area contributed by atoms with Crippen molar-refractivity contribution in [2.75, 3.05) is 32.6 Å². The average molecular weight is 362 g/mol. The Labute approximate surface area is 156 Å². The van der Waals surface area contributed by atoms with E-state index in [9.17, 15) is 9.59 Å². The van der Waals surface area contributed by atoms with Crippen LogP contribution in [0, 0.1) is 11.8 Å². The third-order valence-corrected chi connectivity index (χ3v) is 5.33. The molecule has 26 heavy (non-hydrogen) atoms. The summed E-state index contributed by atoms with van der Waals surface area (Å²) in [5, 5.41) is 6.00. The summed E-state index contributed by atoms with van der Waals surface area (Å²) in [6.07, 6.45) is 3.46. The molecule has 4 atom stereocenters. The SMILES string of the molecule is COc1cccc(NC(=O)C[NH+](C)CC(=O)N[C@@H]2CCC[C@@H](C)[C@@H]2C)c1. The summed E-state index contributed by atoms with van der Waals surface area (Å²) >= 11 is 0. The van der Waals surface area contributed by atoms with Gasteiger partial charge in [0.25, 0.3) is 11.8 Å². The summed E-state index contributed by atoms with van der Waals surface area (Å²) in [7, 11) is 3.45. The molecule has 0 bridgehead atoms. The number of rotatable bonds is 7. The average Bonchev–Trinajstić information content (AvgIpc) is 2.58. The van der Waals surface area contributed by atoms with E-state index in [1.165, 1.54) is 12.8 Å². The molecule has 1 aliphatic carbocycles. The van der Waals surface area contributed by atoms with Gasteiger partial charge in [-0.3, -0.25) is 9.59 Å². The van der Waals surface area contributed by atoms with Crippen LogP contribution in [0.1, 0.15) is 33.1 Å². The smallest absolute Gasteiger partial charge is 0.279 e. The van der Waals surface area contributed by atoms with Crippen LogP contribution in [0.2, 0.25) is 0 Å². The van der Waals surface area contributed by atoms with Crippen molar-refractivity contribution in [1.29, 1.82) is 0 Å². The van der Waals surface area contributed by atoms with Gasteiger partial charge in [-0.05, 0) is 30.4 Å². The van der Waals surface area contributed by atoms with Crippen molar-refractivity contribution in [2.24, 2.45) is 11.8 Å². The number of carbonyl (C=O) groups excluding carboxylic acids is 2. The van der Waals surface area contributed by atoms with Gasteiger partial charge in [0.15, 0.2) is 13.1 Å².